The number of methoxy groups -OCH3 is 1. The number of carbonyl (C=O) groups is 3. The van der Waals surface area contributed by atoms with E-state index in [1.54, 1.807) is 5.38 Å². The lowest BCUT2D eigenvalue weighted by Crippen LogP contribution is -2.47. The first-order valence-electron chi connectivity index (χ1n) is 7.58. The van der Waals surface area contributed by atoms with Gasteiger partial charge in [-0.25, -0.2) is 4.98 Å². The van der Waals surface area contributed by atoms with Crippen molar-refractivity contribution >= 4 is 34.3 Å². The highest BCUT2D eigenvalue weighted by Crippen LogP contribution is 2.28. The Morgan fingerprint density at radius 3 is 2.70 bits per heavy atom. The molecule has 1 atom stereocenters. The molecule has 0 aliphatic heterocycles. The summed E-state index contributed by atoms with van der Waals surface area (Å²) in [6, 6.07) is -0.539. The minimum Gasteiger partial charge on any atom is -0.469 e. The molecule has 2 rings (SSSR count). The molecule has 0 bridgehead atoms. The third kappa shape index (κ3) is 5.02. The minimum atomic E-state index is -0.539. The van der Waals surface area contributed by atoms with Crippen molar-refractivity contribution in [3.8, 4) is 0 Å². The zero-order chi connectivity index (χ0) is 16.8. The summed E-state index contributed by atoms with van der Waals surface area (Å²) in [6.07, 6.45) is 4.09. The van der Waals surface area contributed by atoms with E-state index in [0.29, 0.717) is 10.8 Å². The molecule has 0 spiro atoms. The van der Waals surface area contributed by atoms with Crippen LogP contribution in [-0.2, 0) is 25.5 Å². The summed E-state index contributed by atoms with van der Waals surface area (Å²) >= 11 is 1.25. The number of hydrogen-bond donors (Lipinski definition) is 2. The Labute approximate surface area is 138 Å². The molecule has 0 radical (unpaired) electrons. The van der Waals surface area contributed by atoms with Crippen LogP contribution in [0.4, 0.5) is 5.13 Å². The zero-order valence-electron chi connectivity index (χ0n) is 13.3. The Hall–Kier alpha value is -1.96. The number of nitrogens with zero attached hydrogens (tertiary/aromatic N) is 1. The standard InChI is InChI=1S/C15H21N3O4S/c1-9(19)16-13(10-5-3-4-6-10)14(21)18-15-17-11(8-23-15)7-12(20)22-2/h8,10,13H,3-7H2,1-2H3,(H,16,19)(H,17,18,21)/t13-/m1/s1. The number of rotatable bonds is 6. The normalized spacial score (nSPS) is 15.9. The maximum absolute atomic E-state index is 12.5. The average molecular weight is 339 g/mol. The summed E-state index contributed by atoms with van der Waals surface area (Å²) in [7, 11) is 1.32. The van der Waals surface area contributed by atoms with Crippen molar-refractivity contribution in [3.05, 3.63) is 11.1 Å². The predicted molar refractivity (Wildman–Crippen MR) is 86.0 cm³/mol. The van der Waals surface area contributed by atoms with Gasteiger partial charge in [0.1, 0.15) is 6.04 Å². The molecule has 126 valence electrons. The van der Waals surface area contributed by atoms with Crippen LogP contribution >= 0.6 is 11.3 Å². The van der Waals surface area contributed by atoms with E-state index >= 15 is 0 Å². The van der Waals surface area contributed by atoms with Gasteiger partial charge in [0.25, 0.3) is 0 Å². The van der Waals surface area contributed by atoms with Gasteiger partial charge in [0, 0.05) is 12.3 Å². The van der Waals surface area contributed by atoms with E-state index in [4.69, 9.17) is 0 Å². The van der Waals surface area contributed by atoms with Crippen LogP contribution < -0.4 is 10.6 Å². The van der Waals surface area contributed by atoms with Crippen molar-refractivity contribution in [2.75, 3.05) is 12.4 Å². The summed E-state index contributed by atoms with van der Waals surface area (Å²) in [5.74, 6) is -0.697. The van der Waals surface area contributed by atoms with E-state index in [0.717, 1.165) is 25.7 Å². The fraction of sp³-hybridized carbons (Fsp3) is 0.600. The molecular formula is C15H21N3O4S. The molecule has 1 aromatic heterocycles. The van der Waals surface area contributed by atoms with Gasteiger partial charge in [-0.05, 0) is 18.8 Å². The smallest absolute Gasteiger partial charge is 0.311 e. The molecule has 0 saturated heterocycles. The number of thiazole rings is 1. The van der Waals surface area contributed by atoms with Crippen LogP contribution in [0.3, 0.4) is 0 Å². The highest BCUT2D eigenvalue weighted by atomic mass is 32.1. The summed E-state index contributed by atoms with van der Waals surface area (Å²) in [5.41, 5.74) is 0.550. The van der Waals surface area contributed by atoms with Gasteiger partial charge in [0.2, 0.25) is 11.8 Å². The van der Waals surface area contributed by atoms with Crippen molar-refractivity contribution < 1.29 is 19.1 Å². The SMILES string of the molecule is COC(=O)Cc1csc(NC(=O)[C@H](NC(C)=O)C2CCCC2)n1. The number of aromatic nitrogens is 1. The van der Waals surface area contributed by atoms with E-state index < -0.39 is 6.04 Å². The molecule has 1 saturated carbocycles. The fourth-order valence-corrected chi connectivity index (χ4v) is 3.47. The quantitative estimate of drug-likeness (QED) is 0.765. The molecule has 0 unspecified atom stereocenters. The van der Waals surface area contributed by atoms with Crippen molar-refractivity contribution in [3.63, 3.8) is 0 Å². The molecule has 1 heterocycles. The highest BCUT2D eigenvalue weighted by Gasteiger charge is 2.31. The molecular weight excluding hydrogens is 318 g/mol. The van der Waals surface area contributed by atoms with Crippen LogP contribution in [0.5, 0.6) is 0 Å². The van der Waals surface area contributed by atoms with E-state index in [-0.39, 0.29) is 30.1 Å². The van der Waals surface area contributed by atoms with Crippen LogP contribution in [0.1, 0.15) is 38.3 Å². The maximum atomic E-state index is 12.5. The molecule has 1 aliphatic rings. The molecule has 1 aliphatic carbocycles. The first-order chi connectivity index (χ1) is 11.0. The molecule has 1 aromatic rings. The van der Waals surface area contributed by atoms with Gasteiger partial charge in [-0.3, -0.25) is 14.4 Å². The summed E-state index contributed by atoms with van der Waals surface area (Å²) in [4.78, 5) is 39.3. The Balaban J connectivity index is 2.00. The maximum Gasteiger partial charge on any atom is 0.311 e. The number of carbonyl (C=O) groups excluding carboxylic acids is 3. The highest BCUT2D eigenvalue weighted by molar-refractivity contribution is 7.13. The second-order valence-electron chi connectivity index (χ2n) is 5.61. The lowest BCUT2D eigenvalue weighted by molar-refractivity contribution is -0.139. The fourth-order valence-electron chi connectivity index (χ4n) is 2.76. The lowest BCUT2D eigenvalue weighted by atomic mass is 9.97. The van der Waals surface area contributed by atoms with Crippen LogP contribution in [-0.4, -0.2) is 35.9 Å². The van der Waals surface area contributed by atoms with E-state index in [1.807, 2.05) is 0 Å². The van der Waals surface area contributed by atoms with Gasteiger partial charge < -0.3 is 15.4 Å². The molecule has 23 heavy (non-hydrogen) atoms. The number of esters is 1. The number of ether oxygens (including phenoxy) is 1. The van der Waals surface area contributed by atoms with Gasteiger partial charge in [-0.2, -0.15) is 0 Å². The Morgan fingerprint density at radius 2 is 2.09 bits per heavy atom. The first-order valence-corrected chi connectivity index (χ1v) is 8.46. The number of nitrogens with one attached hydrogen (secondary N) is 2. The summed E-state index contributed by atoms with van der Waals surface area (Å²) in [5, 5.41) is 7.60. The van der Waals surface area contributed by atoms with Gasteiger partial charge in [-0.1, -0.05) is 12.8 Å². The zero-order valence-corrected chi connectivity index (χ0v) is 14.1. The summed E-state index contributed by atoms with van der Waals surface area (Å²) < 4.78 is 4.58. The Morgan fingerprint density at radius 1 is 1.39 bits per heavy atom. The second kappa shape index (κ2) is 8.05. The van der Waals surface area contributed by atoms with Crippen LogP contribution in [0, 0.1) is 5.92 Å². The Kier molecular flexibility index (Phi) is 6.09. The minimum absolute atomic E-state index is 0.0701. The van der Waals surface area contributed by atoms with Gasteiger partial charge in [-0.15, -0.1) is 11.3 Å². The summed E-state index contributed by atoms with van der Waals surface area (Å²) in [6.45, 7) is 1.41. The number of anilines is 1. The van der Waals surface area contributed by atoms with Crippen LogP contribution in [0.15, 0.2) is 5.38 Å². The van der Waals surface area contributed by atoms with Crippen molar-refractivity contribution in [1.29, 1.82) is 0 Å². The molecule has 1 fully saturated rings. The third-order valence-electron chi connectivity index (χ3n) is 3.85. The molecule has 2 N–H and O–H groups in total. The largest absolute Gasteiger partial charge is 0.469 e. The lowest BCUT2D eigenvalue weighted by Gasteiger charge is -2.22. The monoisotopic (exact) mass is 339 g/mol. The van der Waals surface area contributed by atoms with Crippen molar-refractivity contribution in [2.45, 2.75) is 45.1 Å². The molecule has 7 nitrogen and oxygen atoms in total. The molecule has 0 aromatic carbocycles. The number of hydrogen-bond acceptors (Lipinski definition) is 6. The average Bonchev–Trinajstić information content (AvgIpc) is 3.16. The van der Waals surface area contributed by atoms with Gasteiger partial charge in [0.05, 0.1) is 19.2 Å². The van der Waals surface area contributed by atoms with E-state index in [9.17, 15) is 14.4 Å². The van der Waals surface area contributed by atoms with Crippen molar-refractivity contribution in [2.24, 2.45) is 5.92 Å². The first kappa shape index (κ1) is 17.4. The molecule has 8 heteroatoms. The van der Waals surface area contributed by atoms with Crippen molar-refractivity contribution in [1.82, 2.24) is 10.3 Å². The predicted octanol–water partition coefficient (Wildman–Crippen LogP) is 1.49. The van der Waals surface area contributed by atoms with Gasteiger partial charge in [0.15, 0.2) is 5.13 Å². The third-order valence-corrected chi connectivity index (χ3v) is 4.65. The van der Waals surface area contributed by atoms with E-state index in [1.165, 1.54) is 25.4 Å². The second-order valence-corrected chi connectivity index (χ2v) is 6.47. The number of amides is 2. The van der Waals surface area contributed by atoms with E-state index in [2.05, 4.69) is 20.4 Å². The van der Waals surface area contributed by atoms with Gasteiger partial charge >= 0.3 is 5.97 Å². The topological polar surface area (TPSA) is 97.4 Å². The Bertz CT molecular complexity index is 581. The molecule has 2 amide bonds. The van der Waals surface area contributed by atoms with Crippen LogP contribution in [0.2, 0.25) is 0 Å². The van der Waals surface area contributed by atoms with Crippen LogP contribution in [0.25, 0.3) is 0 Å².